The highest BCUT2D eigenvalue weighted by atomic mass is 16.5. The lowest BCUT2D eigenvalue weighted by molar-refractivity contribution is 0.481. The number of hydrogen-bond donors (Lipinski definition) is 1. The molecule has 2 aromatic carbocycles. The topological polar surface area (TPSA) is 21.3 Å². The normalized spacial score (nSPS) is 10.9. The SMILES string of the molecule is C=CNc1ccc(Oc2ccc(C(C)(C)C)cc2)cc1. The minimum Gasteiger partial charge on any atom is -0.457 e. The highest BCUT2D eigenvalue weighted by molar-refractivity contribution is 5.48. The van der Waals surface area contributed by atoms with Gasteiger partial charge in [-0.2, -0.15) is 0 Å². The van der Waals surface area contributed by atoms with Gasteiger partial charge in [0.1, 0.15) is 11.5 Å². The van der Waals surface area contributed by atoms with Gasteiger partial charge in [-0.3, -0.25) is 0 Å². The molecule has 2 nitrogen and oxygen atoms in total. The third kappa shape index (κ3) is 3.64. The second-order valence-electron chi connectivity index (χ2n) is 5.75. The minimum atomic E-state index is 0.163. The van der Waals surface area contributed by atoms with Crippen molar-refractivity contribution in [2.75, 3.05) is 5.32 Å². The van der Waals surface area contributed by atoms with Crippen LogP contribution in [0.2, 0.25) is 0 Å². The van der Waals surface area contributed by atoms with Gasteiger partial charge in [-0.05, 0) is 53.6 Å². The third-order valence-corrected chi connectivity index (χ3v) is 3.08. The van der Waals surface area contributed by atoms with Crippen LogP contribution in [0.25, 0.3) is 0 Å². The Morgan fingerprint density at radius 3 is 1.85 bits per heavy atom. The number of ether oxygens (including phenoxy) is 1. The molecule has 0 radical (unpaired) electrons. The maximum atomic E-state index is 5.83. The Labute approximate surface area is 121 Å². The molecule has 0 bridgehead atoms. The lowest BCUT2D eigenvalue weighted by atomic mass is 9.87. The monoisotopic (exact) mass is 267 g/mol. The summed E-state index contributed by atoms with van der Waals surface area (Å²) in [5.74, 6) is 1.67. The first kappa shape index (κ1) is 14.2. The Bertz CT molecular complexity index is 562. The molecule has 0 aliphatic rings. The standard InChI is InChI=1S/C18H21NO/c1-5-19-15-8-12-17(13-9-15)20-16-10-6-14(7-11-16)18(2,3)4/h5-13,19H,1H2,2-4H3. The molecule has 2 aromatic rings. The van der Waals surface area contributed by atoms with Crippen molar-refractivity contribution in [1.82, 2.24) is 0 Å². The first-order chi connectivity index (χ1) is 9.49. The molecule has 1 N–H and O–H groups in total. The smallest absolute Gasteiger partial charge is 0.127 e. The van der Waals surface area contributed by atoms with Gasteiger partial charge >= 0.3 is 0 Å². The molecule has 0 saturated heterocycles. The van der Waals surface area contributed by atoms with E-state index in [2.05, 4.69) is 44.8 Å². The fraction of sp³-hybridized carbons (Fsp3) is 0.222. The van der Waals surface area contributed by atoms with Gasteiger partial charge in [-0.1, -0.05) is 39.5 Å². The van der Waals surface area contributed by atoms with E-state index in [4.69, 9.17) is 4.74 Å². The summed E-state index contributed by atoms with van der Waals surface area (Å²) in [6.07, 6.45) is 1.65. The molecule has 0 unspecified atom stereocenters. The second kappa shape index (κ2) is 5.83. The predicted octanol–water partition coefficient (Wildman–Crippen LogP) is 5.33. The molecule has 0 fully saturated rings. The predicted molar refractivity (Wildman–Crippen MR) is 85.5 cm³/mol. The van der Waals surface area contributed by atoms with Gasteiger partial charge in [0.05, 0.1) is 0 Å². The highest BCUT2D eigenvalue weighted by Crippen LogP contribution is 2.27. The zero-order valence-corrected chi connectivity index (χ0v) is 12.3. The zero-order chi connectivity index (χ0) is 14.6. The molecule has 0 saturated carbocycles. The molecule has 2 rings (SSSR count). The maximum Gasteiger partial charge on any atom is 0.127 e. The highest BCUT2D eigenvalue weighted by Gasteiger charge is 2.12. The summed E-state index contributed by atoms with van der Waals surface area (Å²) >= 11 is 0. The van der Waals surface area contributed by atoms with Gasteiger partial charge in [0, 0.05) is 5.69 Å². The first-order valence-corrected chi connectivity index (χ1v) is 6.75. The van der Waals surface area contributed by atoms with E-state index in [1.54, 1.807) is 6.20 Å². The quantitative estimate of drug-likeness (QED) is 0.808. The summed E-state index contributed by atoms with van der Waals surface area (Å²) in [5.41, 5.74) is 2.46. The average molecular weight is 267 g/mol. The molecule has 2 heteroatoms. The van der Waals surface area contributed by atoms with Crippen LogP contribution in [0.1, 0.15) is 26.3 Å². The Kier molecular flexibility index (Phi) is 4.14. The zero-order valence-electron chi connectivity index (χ0n) is 12.3. The minimum absolute atomic E-state index is 0.163. The number of hydrogen-bond acceptors (Lipinski definition) is 2. The van der Waals surface area contributed by atoms with Crippen molar-refractivity contribution in [3.05, 3.63) is 66.9 Å². The molecule has 0 atom stereocenters. The van der Waals surface area contributed by atoms with Gasteiger partial charge < -0.3 is 10.1 Å². The third-order valence-electron chi connectivity index (χ3n) is 3.08. The van der Waals surface area contributed by atoms with Gasteiger partial charge in [0.2, 0.25) is 0 Å². The van der Waals surface area contributed by atoms with Crippen molar-refractivity contribution < 1.29 is 4.74 Å². The van der Waals surface area contributed by atoms with Crippen LogP contribution in [0.5, 0.6) is 11.5 Å². The largest absolute Gasteiger partial charge is 0.457 e. The molecule has 104 valence electrons. The van der Waals surface area contributed by atoms with Crippen molar-refractivity contribution in [3.63, 3.8) is 0 Å². The van der Waals surface area contributed by atoms with Crippen LogP contribution in [-0.2, 0) is 5.41 Å². The van der Waals surface area contributed by atoms with Crippen LogP contribution >= 0.6 is 0 Å². The fourth-order valence-corrected chi connectivity index (χ4v) is 1.90. The number of rotatable bonds is 4. The van der Waals surface area contributed by atoms with E-state index < -0.39 is 0 Å². The number of benzene rings is 2. The van der Waals surface area contributed by atoms with Crippen molar-refractivity contribution in [3.8, 4) is 11.5 Å². The van der Waals surface area contributed by atoms with E-state index in [0.717, 1.165) is 17.2 Å². The summed E-state index contributed by atoms with van der Waals surface area (Å²) in [6.45, 7) is 10.2. The van der Waals surface area contributed by atoms with Crippen LogP contribution in [0.15, 0.2) is 61.3 Å². The summed E-state index contributed by atoms with van der Waals surface area (Å²) in [5, 5.41) is 3.03. The number of nitrogens with one attached hydrogen (secondary N) is 1. The Hall–Kier alpha value is -2.22. The molecule has 0 heterocycles. The van der Waals surface area contributed by atoms with E-state index in [0.29, 0.717) is 0 Å². The lowest BCUT2D eigenvalue weighted by Gasteiger charge is -2.19. The maximum absolute atomic E-state index is 5.83. The van der Waals surface area contributed by atoms with Crippen LogP contribution in [0.3, 0.4) is 0 Å². The van der Waals surface area contributed by atoms with Crippen LogP contribution in [0.4, 0.5) is 5.69 Å². The van der Waals surface area contributed by atoms with E-state index in [1.165, 1.54) is 5.56 Å². The summed E-state index contributed by atoms with van der Waals surface area (Å²) < 4.78 is 5.83. The molecule has 0 aliphatic heterocycles. The van der Waals surface area contributed by atoms with E-state index in [1.807, 2.05) is 36.4 Å². The van der Waals surface area contributed by atoms with Crippen molar-refractivity contribution in [2.45, 2.75) is 26.2 Å². The van der Waals surface area contributed by atoms with E-state index in [-0.39, 0.29) is 5.41 Å². The second-order valence-corrected chi connectivity index (χ2v) is 5.75. The van der Waals surface area contributed by atoms with Gasteiger partial charge in [0.25, 0.3) is 0 Å². The summed E-state index contributed by atoms with van der Waals surface area (Å²) in [7, 11) is 0. The van der Waals surface area contributed by atoms with Gasteiger partial charge in [0.15, 0.2) is 0 Å². The fourth-order valence-electron chi connectivity index (χ4n) is 1.90. The molecular formula is C18H21NO. The first-order valence-electron chi connectivity index (χ1n) is 6.75. The van der Waals surface area contributed by atoms with E-state index >= 15 is 0 Å². The molecule has 0 aromatic heterocycles. The molecule has 0 amide bonds. The van der Waals surface area contributed by atoms with E-state index in [9.17, 15) is 0 Å². The van der Waals surface area contributed by atoms with Crippen LogP contribution in [-0.4, -0.2) is 0 Å². The average Bonchev–Trinajstić information content (AvgIpc) is 2.41. The summed E-state index contributed by atoms with van der Waals surface area (Å²) in [6, 6.07) is 16.0. The van der Waals surface area contributed by atoms with Crippen molar-refractivity contribution >= 4 is 5.69 Å². The van der Waals surface area contributed by atoms with Crippen molar-refractivity contribution in [2.24, 2.45) is 0 Å². The Morgan fingerprint density at radius 1 is 0.900 bits per heavy atom. The lowest BCUT2D eigenvalue weighted by Crippen LogP contribution is -2.10. The van der Waals surface area contributed by atoms with Gasteiger partial charge in [-0.15, -0.1) is 0 Å². The molecule has 0 aliphatic carbocycles. The molecule has 20 heavy (non-hydrogen) atoms. The number of anilines is 1. The Balaban J connectivity index is 2.08. The molecule has 0 spiro atoms. The van der Waals surface area contributed by atoms with Crippen LogP contribution in [0, 0.1) is 0 Å². The van der Waals surface area contributed by atoms with Gasteiger partial charge in [-0.25, -0.2) is 0 Å². The van der Waals surface area contributed by atoms with Crippen LogP contribution < -0.4 is 10.1 Å². The molecular weight excluding hydrogens is 246 g/mol. The Morgan fingerprint density at radius 2 is 1.40 bits per heavy atom. The summed E-state index contributed by atoms with van der Waals surface area (Å²) in [4.78, 5) is 0. The van der Waals surface area contributed by atoms with Crippen molar-refractivity contribution in [1.29, 1.82) is 0 Å².